The van der Waals surface area contributed by atoms with E-state index >= 15 is 0 Å². The minimum Gasteiger partial charge on any atom is -0.494 e. The number of hydrogen-bond donors (Lipinski definition) is 1. The van der Waals surface area contributed by atoms with Gasteiger partial charge in [-0.15, -0.1) is 0 Å². The van der Waals surface area contributed by atoms with E-state index in [1.54, 1.807) is 0 Å². The number of benzene rings is 1. The molecule has 1 aromatic rings. The monoisotopic (exact) mass is 249 g/mol. The van der Waals surface area contributed by atoms with Crippen molar-refractivity contribution in [3.8, 4) is 5.75 Å². The van der Waals surface area contributed by atoms with E-state index < -0.39 is 0 Å². The highest BCUT2D eigenvalue weighted by Crippen LogP contribution is 2.23. The maximum absolute atomic E-state index is 5.78. The van der Waals surface area contributed by atoms with Gasteiger partial charge in [-0.25, -0.2) is 0 Å². The Hall–Kier alpha value is -1.02. The van der Waals surface area contributed by atoms with Crippen molar-refractivity contribution >= 4 is 0 Å². The van der Waals surface area contributed by atoms with Gasteiger partial charge >= 0.3 is 0 Å². The van der Waals surface area contributed by atoms with Crippen LogP contribution in [0.2, 0.25) is 0 Å². The average Bonchev–Trinajstić information content (AvgIpc) is 2.33. The molecule has 0 spiro atoms. The molecule has 1 aromatic carbocycles. The molecule has 2 heteroatoms. The molecule has 18 heavy (non-hydrogen) atoms. The van der Waals surface area contributed by atoms with Crippen molar-refractivity contribution in [2.75, 3.05) is 20.2 Å². The van der Waals surface area contributed by atoms with E-state index in [1.807, 2.05) is 7.05 Å². The van der Waals surface area contributed by atoms with E-state index in [2.05, 4.69) is 44.3 Å². The molecule has 0 heterocycles. The Morgan fingerprint density at radius 1 is 1.17 bits per heavy atom. The maximum Gasteiger partial charge on any atom is 0.119 e. The molecule has 0 fully saturated rings. The second-order valence-electron chi connectivity index (χ2n) is 5.19. The molecular weight excluding hydrogens is 222 g/mol. The summed E-state index contributed by atoms with van der Waals surface area (Å²) in [6.07, 6.45) is 3.59. The van der Waals surface area contributed by atoms with Gasteiger partial charge in [-0.2, -0.15) is 0 Å². The van der Waals surface area contributed by atoms with Crippen molar-refractivity contribution in [1.82, 2.24) is 5.32 Å². The van der Waals surface area contributed by atoms with Crippen LogP contribution in [0.4, 0.5) is 0 Å². The van der Waals surface area contributed by atoms with Crippen molar-refractivity contribution in [2.24, 2.45) is 0 Å². The first-order valence-electron chi connectivity index (χ1n) is 7.03. The van der Waals surface area contributed by atoms with Crippen LogP contribution in [0.5, 0.6) is 5.75 Å². The fraction of sp³-hybridized carbons (Fsp3) is 0.625. The van der Waals surface area contributed by atoms with Crippen LogP contribution in [-0.2, 0) is 0 Å². The lowest BCUT2D eigenvalue weighted by atomic mass is 9.98. The zero-order valence-corrected chi connectivity index (χ0v) is 12.3. The third-order valence-electron chi connectivity index (χ3n) is 3.20. The highest BCUT2D eigenvalue weighted by Gasteiger charge is 2.04. The normalized spacial score (nSPS) is 10.9. The Labute approximate surface area is 112 Å². The highest BCUT2D eigenvalue weighted by molar-refractivity contribution is 5.36. The maximum atomic E-state index is 5.78. The van der Waals surface area contributed by atoms with Crippen LogP contribution < -0.4 is 10.1 Å². The molecule has 0 atom stereocenters. The minimum absolute atomic E-state index is 0.584. The van der Waals surface area contributed by atoms with Gasteiger partial charge in [0.15, 0.2) is 0 Å². The summed E-state index contributed by atoms with van der Waals surface area (Å²) in [4.78, 5) is 0. The largest absolute Gasteiger partial charge is 0.494 e. The number of ether oxygens (including phenoxy) is 1. The summed E-state index contributed by atoms with van der Waals surface area (Å²) in [7, 11) is 2.00. The fourth-order valence-corrected chi connectivity index (χ4v) is 2.16. The third-order valence-corrected chi connectivity index (χ3v) is 3.20. The molecule has 102 valence electrons. The fourth-order valence-electron chi connectivity index (χ4n) is 2.16. The zero-order chi connectivity index (χ0) is 13.4. The van der Waals surface area contributed by atoms with Gasteiger partial charge in [0.05, 0.1) is 6.61 Å². The molecule has 0 radical (unpaired) electrons. The summed E-state index contributed by atoms with van der Waals surface area (Å²) < 4.78 is 5.78. The molecule has 0 aliphatic carbocycles. The second kappa shape index (κ2) is 8.15. The molecule has 0 unspecified atom stereocenters. The van der Waals surface area contributed by atoms with Gasteiger partial charge in [-0.1, -0.05) is 19.9 Å². The van der Waals surface area contributed by atoms with Crippen molar-refractivity contribution < 1.29 is 4.74 Å². The molecule has 0 saturated heterocycles. The van der Waals surface area contributed by atoms with Crippen molar-refractivity contribution in [2.45, 2.75) is 46.0 Å². The molecule has 0 aliphatic rings. The molecule has 0 bridgehead atoms. The summed E-state index contributed by atoms with van der Waals surface area (Å²) in [5.41, 5.74) is 2.74. The lowest BCUT2D eigenvalue weighted by Gasteiger charge is -2.12. The lowest BCUT2D eigenvalue weighted by Crippen LogP contribution is -2.08. The Morgan fingerprint density at radius 2 is 1.94 bits per heavy atom. The Kier molecular flexibility index (Phi) is 6.81. The smallest absolute Gasteiger partial charge is 0.119 e. The van der Waals surface area contributed by atoms with E-state index in [4.69, 9.17) is 4.74 Å². The second-order valence-corrected chi connectivity index (χ2v) is 5.19. The van der Waals surface area contributed by atoms with Gasteiger partial charge < -0.3 is 10.1 Å². The Bertz CT molecular complexity index is 347. The quantitative estimate of drug-likeness (QED) is 0.706. The average molecular weight is 249 g/mol. The summed E-state index contributed by atoms with van der Waals surface area (Å²) in [6.45, 7) is 8.54. The van der Waals surface area contributed by atoms with Crippen LogP contribution >= 0.6 is 0 Å². The number of aryl methyl sites for hydroxylation is 1. The number of nitrogens with one attached hydrogen (secondary N) is 1. The van der Waals surface area contributed by atoms with Crippen LogP contribution in [0.3, 0.4) is 0 Å². The van der Waals surface area contributed by atoms with Crippen molar-refractivity contribution in [1.29, 1.82) is 0 Å². The Morgan fingerprint density at radius 3 is 2.56 bits per heavy atom. The van der Waals surface area contributed by atoms with Crippen LogP contribution in [-0.4, -0.2) is 20.2 Å². The van der Waals surface area contributed by atoms with Crippen LogP contribution in [0, 0.1) is 6.92 Å². The van der Waals surface area contributed by atoms with Gasteiger partial charge in [0.1, 0.15) is 5.75 Å². The predicted octanol–water partition coefficient (Wildman–Crippen LogP) is 3.89. The molecule has 0 amide bonds. The molecule has 1 N–H and O–H groups in total. The van der Waals surface area contributed by atoms with E-state index in [9.17, 15) is 0 Å². The first-order chi connectivity index (χ1) is 8.65. The SMILES string of the molecule is CNCCCCCOc1ccc(C(C)C)c(C)c1. The number of hydrogen-bond acceptors (Lipinski definition) is 2. The molecule has 1 rings (SSSR count). The van der Waals surface area contributed by atoms with E-state index in [0.29, 0.717) is 5.92 Å². The standard InChI is InChI=1S/C16H27NO/c1-13(2)16-9-8-15(12-14(16)3)18-11-7-5-6-10-17-4/h8-9,12-13,17H,5-7,10-11H2,1-4H3. The first kappa shape index (κ1) is 15.0. The topological polar surface area (TPSA) is 21.3 Å². The van der Waals surface area contributed by atoms with Gasteiger partial charge in [0.2, 0.25) is 0 Å². The summed E-state index contributed by atoms with van der Waals surface area (Å²) in [5, 5.41) is 3.16. The van der Waals surface area contributed by atoms with E-state index in [1.165, 1.54) is 24.0 Å². The van der Waals surface area contributed by atoms with Crippen LogP contribution in [0.15, 0.2) is 18.2 Å². The van der Waals surface area contributed by atoms with Gasteiger partial charge in [-0.05, 0) is 69.0 Å². The predicted molar refractivity (Wildman–Crippen MR) is 78.5 cm³/mol. The Balaban J connectivity index is 2.33. The molecule has 0 saturated carbocycles. The van der Waals surface area contributed by atoms with Crippen LogP contribution in [0.25, 0.3) is 0 Å². The molecule has 2 nitrogen and oxygen atoms in total. The third kappa shape index (κ3) is 5.09. The summed E-state index contributed by atoms with van der Waals surface area (Å²) in [6, 6.07) is 6.44. The number of unbranched alkanes of at least 4 members (excludes halogenated alkanes) is 2. The minimum atomic E-state index is 0.584. The van der Waals surface area contributed by atoms with Gasteiger partial charge in [0, 0.05) is 0 Å². The van der Waals surface area contributed by atoms with E-state index in [-0.39, 0.29) is 0 Å². The zero-order valence-electron chi connectivity index (χ0n) is 12.3. The van der Waals surface area contributed by atoms with Crippen molar-refractivity contribution in [3.63, 3.8) is 0 Å². The van der Waals surface area contributed by atoms with E-state index in [0.717, 1.165) is 25.3 Å². The molecule has 0 aliphatic heterocycles. The van der Waals surface area contributed by atoms with Crippen LogP contribution in [0.1, 0.15) is 50.2 Å². The number of rotatable bonds is 8. The van der Waals surface area contributed by atoms with Crippen molar-refractivity contribution in [3.05, 3.63) is 29.3 Å². The highest BCUT2D eigenvalue weighted by atomic mass is 16.5. The summed E-state index contributed by atoms with van der Waals surface area (Å²) >= 11 is 0. The van der Waals surface area contributed by atoms with Gasteiger partial charge in [-0.3, -0.25) is 0 Å². The molecule has 0 aromatic heterocycles. The first-order valence-corrected chi connectivity index (χ1v) is 7.03. The lowest BCUT2D eigenvalue weighted by molar-refractivity contribution is 0.305. The molecular formula is C16H27NO. The summed E-state index contributed by atoms with van der Waals surface area (Å²) in [5.74, 6) is 1.59. The van der Waals surface area contributed by atoms with Gasteiger partial charge in [0.25, 0.3) is 0 Å².